The molecule has 2 N–H and O–H groups in total. The third-order valence-electron chi connectivity index (χ3n) is 5.21. The van der Waals surface area contributed by atoms with Crippen molar-refractivity contribution in [3.63, 3.8) is 0 Å². The molecule has 1 heterocycles. The molecule has 0 spiro atoms. The fraction of sp³-hybridized carbons (Fsp3) is 1.00. The van der Waals surface area contributed by atoms with E-state index in [0.717, 1.165) is 13.1 Å². The monoisotopic (exact) mass is 282 g/mol. The van der Waals surface area contributed by atoms with Crippen LogP contribution in [0.1, 0.15) is 59.8 Å². The molecular formula is C17H34N2O. The van der Waals surface area contributed by atoms with Crippen molar-refractivity contribution in [2.24, 2.45) is 11.3 Å². The molecule has 0 amide bonds. The van der Waals surface area contributed by atoms with Crippen LogP contribution in [-0.4, -0.2) is 47.8 Å². The van der Waals surface area contributed by atoms with Gasteiger partial charge in [-0.25, -0.2) is 0 Å². The Morgan fingerprint density at radius 3 is 2.45 bits per heavy atom. The van der Waals surface area contributed by atoms with Gasteiger partial charge >= 0.3 is 0 Å². The van der Waals surface area contributed by atoms with Crippen molar-refractivity contribution in [1.82, 2.24) is 10.2 Å². The molecule has 3 nitrogen and oxygen atoms in total. The van der Waals surface area contributed by atoms with E-state index in [-0.39, 0.29) is 11.6 Å². The maximum absolute atomic E-state index is 9.77. The van der Waals surface area contributed by atoms with Gasteiger partial charge in [-0.05, 0) is 64.8 Å². The topological polar surface area (TPSA) is 35.5 Å². The smallest absolute Gasteiger partial charge is 0.0552 e. The van der Waals surface area contributed by atoms with Crippen LogP contribution < -0.4 is 5.32 Å². The van der Waals surface area contributed by atoms with Crippen molar-refractivity contribution in [3.8, 4) is 0 Å². The van der Waals surface area contributed by atoms with E-state index in [0.29, 0.717) is 11.3 Å². The molecule has 2 atom stereocenters. The van der Waals surface area contributed by atoms with Gasteiger partial charge in [-0.2, -0.15) is 0 Å². The first-order valence-corrected chi connectivity index (χ1v) is 8.45. The van der Waals surface area contributed by atoms with Crippen LogP contribution in [0.2, 0.25) is 0 Å². The first-order valence-electron chi connectivity index (χ1n) is 8.45. The Bertz CT molecular complexity index is 303. The van der Waals surface area contributed by atoms with Crippen molar-refractivity contribution in [1.29, 1.82) is 0 Å². The van der Waals surface area contributed by atoms with Crippen LogP contribution >= 0.6 is 0 Å². The highest BCUT2D eigenvalue weighted by molar-refractivity contribution is 4.93. The lowest BCUT2D eigenvalue weighted by molar-refractivity contribution is 0.114. The largest absolute Gasteiger partial charge is 0.393 e. The lowest BCUT2D eigenvalue weighted by atomic mass is 9.84. The van der Waals surface area contributed by atoms with Crippen molar-refractivity contribution in [2.45, 2.75) is 71.4 Å². The maximum atomic E-state index is 9.77. The molecule has 0 radical (unpaired) electrons. The van der Waals surface area contributed by atoms with Crippen molar-refractivity contribution >= 4 is 0 Å². The van der Waals surface area contributed by atoms with Gasteiger partial charge < -0.3 is 15.3 Å². The van der Waals surface area contributed by atoms with Gasteiger partial charge in [0, 0.05) is 25.2 Å². The Kier molecular flexibility index (Phi) is 5.14. The molecule has 2 aliphatic rings. The van der Waals surface area contributed by atoms with E-state index in [9.17, 15) is 5.11 Å². The number of aliphatic hydroxyl groups is 1. The van der Waals surface area contributed by atoms with E-state index < -0.39 is 0 Å². The fourth-order valence-corrected chi connectivity index (χ4v) is 3.84. The first kappa shape index (κ1) is 16.3. The molecule has 2 unspecified atom stereocenters. The molecule has 1 aliphatic carbocycles. The van der Waals surface area contributed by atoms with E-state index in [1.807, 2.05) is 6.92 Å². The number of likely N-dealkylation sites (tertiary alicyclic amines) is 1. The Hall–Kier alpha value is -0.120. The zero-order chi connectivity index (χ0) is 14.8. The predicted octanol–water partition coefficient (Wildman–Crippen LogP) is 2.64. The van der Waals surface area contributed by atoms with Crippen molar-refractivity contribution in [3.05, 3.63) is 0 Å². The zero-order valence-corrected chi connectivity index (χ0v) is 13.9. The summed E-state index contributed by atoms with van der Waals surface area (Å²) in [6.45, 7) is 13.4. The van der Waals surface area contributed by atoms with Crippen LogP contribution in [0.15, 0.2) is 0 Å². The minimum Gasteiger partial charge on any atom is -0.393 e. The van der Waals surface area contributed by atoms with E-state index in [2.05, 4.69) is 31.0 Å². The van der Waals surface area contributed by atoms with Gasteiger partial charge in [-0.15, -0.1) is 0 Å². The third-order valence-corrected chi connectivity index (χ3v) is 5.21. The highest BCUT2D eigenvalue weighted by Crippen LogP contribution is 2.39. The van der Waals surface area contributed by atoms with Crippen molar-refractivity contribution < 1.29 is 5.11 Å². The molecule has 1 aliphatic heterocycles. The number of aliphatic hydroxyl groups excluding tert-OH is 1. The summed E-state index contributed by atoms with van der Waals surface area (Å²) >= 11 is 0. The Labute approximate surface area is 125 Å². The second-order valence-corrected chi connectivity index (χ2v) is 8.34. The molecule has 0 aromatic carbocycles. The minimum atomic E-state index is -0.146. The molecule has 0 bridgehead atoms. The summed E-state index contributed by atoms with van der Waals surface area (Å²) in [6, 6.07) is 0. The van der Waals surface area contributed by atoms with E-state index in [1.165, 1.54) is 45.2 Å². The summed E-state index contributed by atoms with van der Waals surface area (Å²) in [7, 11) is 0. The summed E-state index contributed by atoms with van der Waals surface area (Å²) in [6.07, 6.45) is 6.53. The lowest BCUT2D eigenvalue weighted by Gasteiger charge is -2.36. The molecule has 118 valence electrons. The molecule has 0 aromatic heterocycles. The number of rotatable bonds is 5. The predicted molar refractivity (Wildman–Crippen MR) is 84.9 cm³/mol. The first-order chi connectivity index (χ1) is 9.30. The number of hydrogen-bond donors (Lipinski definition) is 2. The highest BCUT2D eigenvalue weighted by atomic mass is 16.3. The Morgan fingerprint density at radius 1 is 1.30 bits per heavy atom. The molecule has 2 rings (SSSR count). The quantitative estimate of drug-likeness (QED) is 0.814. The van der Waals surface area contributed by atoms with Gasteiger partial charge in [0.2, 0.25) is 0 Å². The van der Waals surface area contributed by atoms with Crippen LogP contribution in [0, 0.1) is 11.3 Å². The Balaban J connectivity index is 1.89. The normalized spacial score (nSPS) is 28.9. The van der Waals surface area contributed by atoms with Crippen LogP contribution in [0.25, 0.3) is 0 Å². The maximum Gasteiger partial charge on any atom is 0.0552 e. The number of hydrogen-bond acceptors (Lipinski definition) is 3. The van der Waals surface area contributed by atoms with Gasteiger partial charge in [0.25, 0.3) is 0 Å². The van der Waals surface area contributed by atoms with Gasteiger partial charge in [-0.3, -0.25) is 0 Å². The second-order valence-electron chi connectivity index (χ2n) is 8.34. The molecule has 2 fully saturated rings. The zero-order valence-electron chi connectivity index (χ0n) is 13.9. The molecule has 1 saturated heterocycles. The molecule has 20 heavy (non-hydrogen) atoms. The van der Waals surface area contributed by atoms with Gasteiger partial charge in [-0.1, -0.05) is 12.8 Å². The SMILES string of the molecule is CC(O)C1CCN(CC2(CNC(C)(C)C)CCCC2)C1. The highest BCUT2D eigenvalue weighted by Gasteiger charge is 2.38. The van der Waals surface area contributed by atoms with Gasteiger partial charge in [0.15, 0.2) is 0 Å². The van der Waals surface area contributed by atoms with Crippen LogP contribution in [0.3, 0.4) is 0 Å². The van der Waals surface area contributed by atoms with Gasteiger partial charge in [0.05, 0.1) is 6.10 Å². The molecule has 3 heteroatoms. The third kappa shape index (κ3) is 4.44. The standard InChI is InChI=1S/C17H34N2O/c1-14(20)15-7-10-19(11-15)13-17(8-5-6-9-17)12-18-16(2,3)4/h14-15,18,20H,5-13H2,1-4H3. The van der Waals surface area contributed by atoms with Crippen LogP contribution in [-0.2, 0) is 0 Å². The summed E-state index contributed by atoms with van der Waals surface area (Å²) < 4.78 is 0. The number of nitrogens with one attached hydrogen (secondary N) is 1. The Morgan fingerprint density at radius 2 is 1.95 bits per heavy atom. The van der Waals surface area contributed by atoms with E-state index >= 15 is 0 Å². The second kappa shape index (κ2) is 6.33. The average Bonchev–Trinajstić information content (AvgIpc) is 2.96. The number of nitrogens with zero attached hydrogens (tertiary/aromatic N) is 1. The van der Waals surface area contributed by atoms with Crippen LogP contribution in [0.5, 0.6) is 0 Å². The summed E-state index contributed by atoms with van der Waals surface area (Å²) in [4.78, 5) is 2.60. The van der Waals surface area contributed by atoms with Crippen LogP contribution in [0.4, 0.5) is 0 Å². The summed E-state index contributed by atoms with van der Waals surface area (Å²) in [5, 5.41) is 13.5. The molecule has 1 saturated carbocycles. The van der Waals surface area contributed by atoms with Crippen molar-refractivity contribution in [2.75, 3.05) is 26.2 Å². The minimum absolute atomic E-state index is 0.146. The summed E-state index contributed by atoms with van der Waals surface area (Å²) in [5.41, 5.74) is 0.684. The van der Waals surface area contributed by atoms with Gasteiger partial charge in [0.1, 0.15) is 0 Å². The molecule has 0 aromatic rings. The average molecular weight is 282 g/mol. The fourth-order valence-electron chi connectivity index (χ4n) is 3.84. The van der Waals surface area contributed by atoms with E-state index in [1.54, 1.807) is 0 Å². The van der Waals surface area contributed by atoms with E-state index in [4.69, 9.17) is 0 Å². The lowest BCUT2D eigenvalue weighted by Crippen LogP contribution is -2.47. The summed E-state index contributed by atoms with van der Waals surface area (Å²) in [5.74, 6) is 0.490. The molecular weight excluding hydrogens is 248 g/mol.